The van der Waals surface area contributed by atoms with E-state index >= 15 is 0 Å². The second kappa shape index (κ2) is 7.77. The molecule has 1 aliphatic heterocycles. The van der Waals surface area contributed by atoms with Gasteiger partial charge in [0.15, 0.2) is 23.0 Å². The Morgan fingerprint density at radius 3 is 2.50 bits per heavy atom. The van der Waals surface area contributed by atoms with Gasteiger partial charge in [0.1, 0.15) is 13.2 Å². The number of hydrogen-bond donors (Lipinski definition) is 1. The summed E-state index contributed by atoms with van der Waals surface area (Å²) in [6.45, 7) is 2.56. The van der Waals surface area contributed by atoms with Gasteiger partial charge in [0.2, 0.25) is 0 Å². The number of nitrogens with one attached hydrogen (secondary N) is 1. The van der Waals surface area contributed by atoms with Gasteiger partial charge < -0.3 is 24.3 Å². The van der Waals surface area contributed by atoms with Crippen LogP contribution in [-0.4, -0.2) is 27.4 Å². The van der Waals surface area contributed by atoms with Gasteiger partial charge in [-0.3, -0.25) is 0 Å². The molecule has 0 saturated heterocycles. The Morgan fingerprint density at radius 2 is 1.71 bits per heavy atom. The molecular weight excluding hydrogens is 374 g/mol. The molecule has 1 aliphatic rings. The first-order chi connectivity index (χ1) is 11.7. The van der Waals surface area contributed by atoms with Gasteiger partial charge in [-0.25, -0.2) is 0 Å². The van der Waals surface area contributed by atoms with Crippen molar-refractivity contribution in [1.82, 2.24) is 5.32 Å². The highest BCUT2D eigenvalue weighted by atomic mass is 79.9. The fourth-order valence-corrected chi connectivity index (χ4v) is 3.10. The van der Waals surface area contributed by atoms with Crippen molar-refractivity contribution in [2.75, 3.05) is 27.4 Å². The lowest BCUT2D eigenvalue weighted by Crippen LogP contribution is -2.19. The Labute approximate surface area is 150 Å². The first-order valence-corrected chi connectivity index (χ1v) is 8.51. The third kappa shape index (κ3) is 3.60. The summed E-state index contributed by atoms with van der Waals surface area (Å²) in [4.78, 5) is 0. The van der Waals surface area contributed by atoms with Crippen molar-refractivity contribution in [1.29, 1.82) is 0 Å². The summed E-state index contributed by atoms with van der Waals surface area (Å²) in [6.07, 6.45) is 0. The summed E-state index contributed by atoms with van der Waals surface area (Å²) in [5.41, 5.74) is 2.18. The average molecular weight is 394 g/mol. The molecule has 0 bridgehead atoms. The van der Waals surface area contributed by atoms with Crippen LogP contribution in [0.5, 0.6) is 23.0 Å². The van der Waals surface area contributed by atoms with Crippen LogP contribution < -0.4 is 24.3 Å². The molecular formula is C18H20BrNO4. The third-order valence-electron chi connectivity index (χ3n) is 3.83. The normalized spacial score (nSPS) is 12.8. The minimum absolute atomic E-state index is 0.589. The summed E-state index contributed by atoms with van der Waals surface area (Å²) in [5.74, 6) is 3.07. The molecule has 0 unspecified atom stereocenters. The minimum Gasteiger partial charge on any atom is -0.493 e. The molecule has 0 aliphatic carbocycles. The van der Waals surface area contributed by atoms with E-state index in [4.69, 9.17) is 18.9 Å². The van der Waals surface area contributed by atoms with Crippen molar-refractivity contribution in [2.24, 2.45) is 0 Å². The lowest BCUT2D eigenvalue weighted by molar-refractivity contribution is 0.169. The molecule has 2 aromatic rings. The number of rotatable bonds is 6. The van der Waals surface area contributed by atoms with Crippen LogP contribution in [0.2, 0.25) is 0 Å². The second-order valence-electron chi connectivity index (χ2n) is 5.34. The molecule has 0 aromatic heterocycles. The smallest absolute Gasteiger partial charge is 0.165 e. The fourth-order valence-electron chi connectivity index (χ4n) is 2.64. The molecule has 2 aromatic carbocycles. The van der Waals surface area contributed by atoms with E-state index in [-0.39, 0.29) is 0 Å². The van der Waals surface area contributed by atoms with Gasteiger partial charge in [0.25, 0.3) is 0 Å². The lowest BCUT2D eigenvalue weighted by Gasteiger charge is -2.21. The van der Waals surface area contributed by atoms with Crippen LogP contribution in [0.3, 0.4) is 0 Å². The number of fused-ring (bicyclic) bond motifs is 1. The summed E-state index contributed by atoms with van der Waals surface area (Å²) in [6, 6.07) is 9.84. The predicted molar refractivity (Wildman–Crippen MR) is 95.2 cm³/mol. The van der Waals surface area contributed by atoms with Crippen molar-refractivity contribution in [3.63, 3.8) is 0 Å². The van der Waals surface area contributed by atoms with E-state index in [0.717, 1.165) is 27.1 Å². The molecule has 1 heterocycles. The molecule has 0 fully saturated rings. The van der Waals surface area contributed by atoms with Crippen molar-refractivity contribution >= 4 is 15.9 Å². The van der Waals surface area contributed by atoms with Gasteiger partial charge in [-0.05, 0) is 23.8 Å². The fraction of sp³-hybridized carbons (Fsp3) is 0.333. The van der Waals surface area contributed by atoms with E-state index < -0.39 is 0 Å². The Kier molecular flexibility index (Phi) is 5.48. The van der Waals surface area contributed by atoms with Gasteiger partial charge in [-0.15, -0.1) is 0 Å². The Bertz CT molecular complexity index is 720. The number of halogens is 1. The zero-order valence-electron chi connectivity index (χ0n) is 13.7. The lowest BCUT2D eigenvalue weighted by atomic mass is 10.1. The van der Waals surface area contributed by atoms with E-state index in [2.05, 4.69) is 21.2 Å². The number of para-hydroxylation sites is 1. The Balaban J connectivity index is 1.69. The van der Waals surface area contributed by atoms with Crippen LogP contribution in [0, 0.1) is 0 Å². The largest absolute Gasteiger partial charge is 0.493 e. The molecule has 128 valence electrons. The molecule has 0 atom stereocenters. The highest BCUT2D eigenvalue weighted by Crippen LogP contribution is 2.35. The molecule has 5 nitrogen and oxygen atoms in total. The molecule has 6 heteroatoms. The van der Waals surface area contributed by atoms with Crippen LogP contribution in [0.1, 0.15) is 11.1 Å². The summed E-state index contributed by atoms with van der Waals surface area (Å²) in [7, 11) is 3.26. The zero-order chi connectivity index (χ0) is 16.9. The molecule has 0 saturated carbocycles. The molecule has 1 N–H and O–H groups in total. The van der Waals surface area contributed by atoms with Gasteiger partial charge in [0, 0.05) is 23.1 Å². The van der Waals surface area contributed by atoms with E-state index in [0.29, 0.717) is 37.8 Å². The van der Waals surface area contributed by atoms with Gasteiger partial charge in [-0.1, -0.05) is 28.1 Å². The van der Waals surface area contributed by atoms with Crippen molar-refractivity contribution < 1.29 is 18.9 Å². The maximum atomic E-state index is 5.74. The van der Waals surface area contributed by atoms with Crippen molar-refractivity contribution in [2.45, 2.75) is 13.1 Å². The van der Waals surface area contributed by atoms with Gasteiger partial charge >= 0.3 is 0 Å². The molecule has 3 rings (SSSR count). The number of ether oxygens (including phenoxy) is 4. The van der Waals surface area contributed by atoms with Crippen molar-refractivity contribution in [3.8, 4) is 23.0 Å². The first kappa shape index (κ1) is 16.9. The predicted octanol–water partition coefficient (Wildman–Crippen LogP) is 3.53. The Morgan fingerprint density at radius 1 is 1.00 bits per heavy atom. The maximum Gasteiger partial charge on any atom is 0.165 e. The number of methoxy groups -OCH3 is 2. The van der Waals surface area contributed by atoms with Crippen LogP contribution in [0.4, 0.5) is 0 Å². The van der Waals surface area contributed by atoms with E-state index in [1.165, 1.54) is 0 Å². The average Bonchev–Trinajstić information content (AvgIpc) is 2.62. The quantitative estimate of drug-likeness (QED) is 0.813. The van der Waals surface area contributed by atoms with Crippen LogP contribution in [-0.2, 0) is 13.1 Å². The zero-order valence-corrected chi connectivity index (χ0v) is 15.3. The van der Waals surface area contributed by atoms with Crippen LogP contribution in [0.25, 0.3) is 0 Å². The third-order valence-corrected chi connectivity index (χ3v) is 4.57. The molecule has 0 radical (unpaired) electrons. The van der Waals surface area contributed by atoms with Crippen LogP contribution >= 0.6 is 15.9 Å². The topological polar surface area (TPSA) is 49.0 Å². The van der Waals surface area contributed by atoms with E-state index in [1.807, 2.05) is 30.3 Å². The van der Waals surface area contributed by atoms with Crippen LogP contribution in [0.15, 0.2) is 34.8 Å². The molecule has 0 spiro atoms. The standard InChI is InChI=1S/C18H20BrNO4/c1-21-16-8-13(14(19)9-17(16)22-2)11-20-10-12-4-3-5-15-18(12)24-7-6-23-15/h3-5,8-9,20H,6-7,10-11H2,1-2H3. The van der Waals surface area contributed by atoms with E-state index in [9.17, 15) is 0 Å². The van der Waals surface area contributed by atoms with Gasteiger partial charge in [0.05, 0.1) is 14.2 Å². The highest BCUT2D eigenvalue weighted by Gasteiger charge is 2.15. The SMILES string of the molecule is COc1cc(Br)c(CNCc2cccc3c2OCCO3)cc1OC. The summed E-state index contributed by atoms with van der Waals surface area (Å²) >= 11 is 3.58. The monoisotopic (exact) mass is 393 g/mol. The first-order valence-electron chi connectivity index (χ1n) is 7.71. The molecule has 24 heavy (non-hydrogen) atoms. The minimum atomic E-state index is 0.589. The summed E-state index contributed by atoms with van der Waals surface area (Å²) < 4.78 is 23.0. The number of hydrogen-bond acceptors (Lipinski definition) is 5. The van der Waals surface area contributed by atoms with Gasteiger partial charge in [-0.2, -0.15) is 0 Å². The Hall–Kier alpha value is -1.92. The summed E-state index contributed by atoms with van der Waals surface area (Å²) in [5, 5.41) is 3.44. The highest BCUT2D eigenvalue weighted by molar-refractivity contribution is 9.10. The number of benzene rings is 2. The second-order valence-corrected chi connectivity index (χ2v) is 6.20. The maximum absolute atomic E-state index is 5.74. The van der Waals surface area contributed by atoms with Crippen molar-refractivity contribution in [3.05, 3.63) is 45.9 Å². The molecule has 0 amide bonds. The van der Waals surface area contributed by atoms with E-state index in [1.54, 1.807) is 14.2 Å².